The molecule has 0 bridgehead atoms. The fraction of sp³-hybridized carbons (Fsp3) is 0.400. The first-order chi connectivity index (χ1) is 10.0. The van der Waals surface area contributed by atoms with E-state index in [0.29, 0.717) is 0 Å². The molecule has 0 saturated heterocycles. The van der Waals surface area contributed by atoms with Crippen molar-refractivity contribution in [3.8, 4) is 0 Å². The average molecular weight is 393 g/mol. The lowest BCUT2D eigenvalue weighted by Gasteiger charge is -2.04. The van der Waals surface area contributed by atoms with Gasteiger partial charge in [0.1, 0.15) is 0 Å². The summed E-state index contributed by atoms with van der Waals surface area (Å²) >= 11 is -0.0390. The molecule has 1 heteroatoms. The molecule has 0 fully saturated rings. The van der Waals surface area contributed by atoms with E-state index in [9.17, 15) is 0 Å². The highest BCUT2D eigenvalue weighted by molar-refractivity contribution is 5.16. The van der Waals surface area contributed by atoms with E-state index in [0.717, 1.165) is 11.8 Å². The first-order valence-corrected chi connectivity index (χ1v) is 10.0. The highest BCUT2D eigenvalue weighted by atomic mass is 127. The Morgan fingerprint density at radius 1 is 0.619 bits per heavy atom. The van der Waals surface area contributed by atoms with Crippen LogP contribution < -0.4 is 21.2 Å². The molecule has 21 heavy (non-hydrogen) atoms. The minimum atomic E-state index is -0.0390. The van der Waals surface area contributed by atoms with Gasteiger partial charge in [0, 0.05) is 0 Å². The maximum absolute atomic E-state index is 2.33. The standard InChI is InChI=1S/C20H26I/c1-15(2)13-17-5-9-19(10-6-17)21-20-11-7-18(8-12-20)14-16(3)4/h5-12,15-16H,13-14H2,1-4H3/q+1. The van der Waals surface area contributed by atoms with E-state index in [1.165, 1.54) is 31.1 Å². The summed E-state index contributed by atoms with van der Waals surface area (Å²) < 4.78 is 3.02. The summed E-state index contributed by atoms with van der Waals surface area (Å²) in [5.41, 5.74) is 2.93. The zero-order chi connectivity index (χ0) is 15.2. The van der Waals surface area contributed by atoms with E-state index in [2.05, 4.69) is 76.2 Å². The number of rotatable bonds is 6. The highest BCUT2D eigenvalue weighted by Gasteiger charge is 2.15. The minimum Gasteiger partial charge on any atom is -0.0625 e. The smallest absolute Gasteiger partial charge is 0.0625 e. The summed E-state index contributed by atoms with van der Waals surface area (Å²) in [5.74, 6) is 1.47. The van der Waals surface area contributed by atoms with Crippen molar-refractivity contribution in [1.29, 1.82) is 0 Å². The molecular weight excluding hydrogens is 367 g/mol. The lowest BCUT2D eigenvalue weighted by atomic mass is 10.0. The number of halogens is 1. The Labute approximate surface area is 140 Å². The molecule has 0 unspecified atom stereocenters. The van der Waals surface area contributed by atoms with Crippen LogP contribution in [0.5, 0.6) is 0 Å². The maximum atomic E-state index is 2.33. The molecule has 0 N–H and O–H groups in total. The number of hydrogen-bond donors (Lipinski definition) is 0. The van der Waals surface area contributed by atoms with Crippen LogP contribution in [0.4, 0.5) is 0 Å². The van der Waals surface area contributed by atoms with Gasteiger partial charge in [0.05, 0.1) is 0 Å². The fourth-order valence-electron chi connectivity index (χ4n) is 2.44. The van der Waals surface area contributed by atoms with Gasteiger partial charge in [-0.15, -0.1) is 0 Å². The average Bonchev–Trinajstić information content (AvgIpc) is 2.42. The van der Waals surface area contributed by atoms with Crippen LogP contribution in [0.1, 0.15) is 38.8 Å². The van der Waals surface area contributed by atoms with Gasteiger partial charge in [0.25, 0.3) is 0 Å². The van der Waals surface area contributed by atoms with Gasteiger partial charge in [-0.25, -0.2) is 0 Å². The second-order valence-corrected chi connectivity index (χ2v) is 9.57. The summed E-state index contributed by atoms with van der Waals surface area (Å²) in [6, 6.07) is 18.5. The third kappa shape index (κ3) is 5.82. The summed E-state index contributed by atoms with van der Waals surface area (Å²) in [7, 11) is 0. The van der Waals surface area contributed by atoms with Crippen LogP contribution in [-0.4, -0.2) is 0 Å². The summed E-state index contributed by atoms with van der Waals surface area (Å²) in [4.78, 5) is 0. The van der Waals surface area contributed by atoms with Crippen molar-refractivity contribution < 1.29 is 21.2 Å². The van der Waals surface area contributed by atoms with Crippen LogP contribution in [0.15, 0.2) is 48.5 Å². The molecular formula is C20H26I+. The monoisotopic (exact) mass is 393 g/mol. The van der Waals surface area contributed by atoms with Crippen molar-refractivity contribution in [2.45, 2.75) is 40.5 Å². The van der Waals surface area contributed by atoms with E-state index >= 15 is 0 Å². The minimum absolute atomic E-state index is 0.0390. The topological polar surface area (TPSA) is 0 Å². The SMILES string of the molecule is CC(C)Cc1ccc([I+]c2ccc(CC(C)C)cc2)cc1. The molecule has 0 aliphatic rings. The Balaban J connectivity index is 1.97. The molecule has 0 spiro atoms. The summed E-state index contributed by atoms with van der Waals surface area (Å²) in [6.45, 7) is 9.11. The summed E-state index contributed by atoms with van der Waals surface area (Å²) in [5, 5.41) is 0. The van der Waals surface area contributed by atoms with Crippen LogP contribution in [0.3, 0.4) is 0 Å². The molecule has 112 valence electrons. The largest absolute Gasteiger partial charge is 0.357 e. The van der Waals surface area contributed by atoms with Crippen molar-refractivity contribution in [2.24, 2.45) is 11.8 Å². The van der Waals surface area contributed by atoms with Gasteiger partial charge in [-0.05, 0) is 60.1 Å². The second-order valence-electron chi connectivity index (χ2n) is 6.54. The lowest BCUT2D eigenvalue weighted by molar-refractivity contribution is -0.597. The van der Waals surface area contributed by atoms with Gasteiger partial charge in [0.15, 0.2) is 7.14 Å². The van der Waals surface area contributed by atoms with Crippen molar-refractivity contribution in [3.05, 3.63) is 66.8 Å². The van der Waals surface area contributed by atoms with Crippen LogP contribution >= 0.6 is 0 Å². The lowest BCUT2D eigenvalue weighted by Crippen LogP contribution is -3.61. The van der Waals surface area contributed by atoms with E-state index in [4.69, 9.17) is 0 Å². The van der Waals surface area contributed by atoms with Gasteiger partial charge < -0.3 is 0 Å². The van der Waals surface area contributed by atoms with Crippen molar-refractivity contribution >= 4 is 0 Å². The number of benzene rings is 2. The molecule has 0 aliphatic carbocycles. The van der Waals surface area contributed by atoms with Gasteiger partial charge in [-0.3, -0.25) is 0 Å². The van der Waals surface area contributed by atoms with Crippen LogP contribution in [0.25, 0.3) is 0 Å². The second kappa shape index (κ2) is 7.98. The molecule has 2 aromatic rings. The zero-order valence-electron chi connectivity index (χ0n) is 13.6. The van der Waals surface area contributed by atoms with Gasteiger partial charge in [0.2, 0.25) is 0 Å². The van der Waals surface area contributed by atoms with Crippen molar-refractivity contribution in [1.82, 2.24) is 0 Å². The van der Waals surface area contributed by atoms with Gasteiger partial charge >= 0.3 is 21.2 Å². The molecule has 0 saturated carbocycles. The fourth-order valence-corrected chi connectivity index (χ4v) is 4.59. The predicted molar refractivity (Wildman–Crippen MR) is 87.4 cm³/mol. The Bertz CT molecular complexity index is 484. The molecule has 0 aliphatic heterocycles. The zero-order valence-corrected chi connectivity index (χ0v) is 15.7. The highest BCUT2D eigenvalue weighted by Crippen LogP contribution is 2.07. The predicted octanol–water partition coefficient (Wildman–Crippen LogP) is 2.21. The first-order valence-electron chi connectivity index (χ1n) is 7.85. The Morgan fingerprint density at radius 2 is 0.952 bits per heavy atom. The summed E-state index contributed by atoms with van der Waals surface area (Å²) in [6.07, 6.45) is 2.37. The van der Waals surface area contributed by atoms with Crippen molar-refractivity contribution in [2.75, 3.05) is 0 Å². The molecule has 0 radical (unpaired) electrons. The molecule has 0 heterocycles. The van der Waals surface area contributed by atoms with Crippen molar-refractivity contribution in [3.63, 3.8) is 0 Å². The first kappa shape index (κ1) is 16.5. The Kier molecular flexibility index (Phi) is 6.28. The van der Waals surface area contributed by atoms with Gasteiger partial charge in [-0.1, -0.05) is 52.0 Å². The van der Waals surface area contributed by atoms with E-state index < -0.39 is 0 Å². The molecule has 0 atom stereocenters. The van der Waals surface area contributed by atoms with Crippen LogP contribution in [-0.2, 0) is 12.8 Å². The molecule has 0 nitrogen and oxygen atoms in total. The van der Waals surface area contributed by atoms with E-state index in [1.807, 2.05) is 0 Å². The van der Waals surface area contributed by atoms with Gasteiger partial charge in [-0.2, -0.15) is 0 Å². The third-order valence-corrected chi connectivity index (χ3v) is 6.02. The number of hydrogen-bond acceptors (Lipinski definition) is 0. The molecule has 0 aromatic heterocycles. The molecule has 2 rings (SSSR count). The van der Waals surface area contributed by atoms with Crippen LogP contribution in [0, 0.1) is 19.0 Å². The molecule has 2 aromatic carbocycles. The van der Waals surface area contributed by atoms with E-state index in [-0.39, 0.29) is 21.2 Å². The Hall–Kier alpha value is -0.830. The Morgan fingerprint density at radius 3 is 1.24 bits per heavy atom. The molecule has 0 amide bonds. The third-order valence-electron chi connectivity index (χ3n) is 3.33. The quantitative estimate of drug-likeness (QED) is 0.661. The van der Waals surface area contributed by atoms with Crippen LogP contribution in [0.2, 0.25) is 0 Å². The maximum Gasteiger partial charge on any atom is 0.357 e. The van der Waals surface area contributed by atoms with E-state index in [1.54, 1.807) is 0 Å². The normalized spacial score (nSPS) is 11.3.